The first-order valence-electron chi connectivity index (χ1n) is 9.31. The van der Waals surface area contributed by atoms with Crippen LogP contribution in [0.25, 0.3) is 0 Å². The number of aryl methyl sites for hydroxylation is 3. The lowest BCUT2D eigenvalue weighted by atomic mass is 10.2. The molecule has 8 nitrogen and oxygen atoms in total. The van der Waals surface area contributed by atoms with Gasteiger partial charge in [-0.25, -0.2) is 0 Å². The molecule has 3 rings (SSSR count). The van der Waals surface area contributed by atoms with Crippen LogP contribution < -0.4 is 10.6 Å². The Hall–Kier alpha value is -2.94. The molecule has 0 unspecified atom stereocenters. The van der Waals surface area contributed by atoms with Crippen LogP contribution in [0.5, 0.6) is 0 Å². The van der Waals surface area contributed by atoms with Crippen molar-refractivity contribution in [1.82, 2.24) is 19.6 Å². The van der Waals surface area contributed by atoms with Crippen molar-refractivity contribution in [3.05, 3.63) is 58.1 Å². The lowest BCUT2D eigenvalue weighted by Gasteiger charge is -2.10. The third-order valence-corrected chi connectivity index (χ3v) is 5.64. The monoisotopic (exact) mass is 458 g/mol. The fraction of sp³-hybridized carbons (Fsp3) is 0.300. The number of rotatable bonds is 7. The quantitative estimate of drug-likeness (QED) is 0.563. The molecule has 0 saturated heterocycles. The maximum absolute atomic E-state index is 12.4. The summed E-state index contributed by atoms with van der Waals surface area (Å²) < 4.78 is 4.40. The van der Waals surface area contributed by atoms with Crippen molar-refractivity contribution >= 4 is 39.1 Å². The summed E-state index contributed by atoms with van der Waals surface area (Å²) in [5.74, 6) is -0.371. The summed E-state index contributed by atoms with van der Waals surface area (Å²) >= 11 is 3.49. The molecule has 152 valence electrons. The summed E-state index contributed by atoms with van der Waals surface area (Å²) in [6.07, 6.45) is 1.89. The summed E-state index contributed by atoms with van der Waals surface area (Å²) in [7, 11) is 0. The Morgan fingerprint density at radius 3 is 2.48 bits per heavy atom. The first kappa shape index (κ1) is 20.8. The number of amides is 2. The predicted octanol–water partition coefficient (Wildman–Crippen LogP) is 3.76. The van der Waals surface area contributed by atoms with E-state index in [9.17, 15) is 9.59 Å². The highest BCUT2D eigenvalue weighted by Gasteiger charge is 2.13. The number of nitrogens with one attached hydrogen (secondary N) is 2. The van der Waals surface area contributed by atoms with Crippen LogP contribution in [0.4, 0.5) is 11.4 Å². The molecule has 0 spiro atoms. The van der Waals surface area contributed by atoms with Crippen LogP contribution in [0.2, 0.25) is 0 Å². The van der Waals surface area contributed by atoms with Gasteiger partial charge in [-0.05, 0) is 61.0 Å². The Morgan fingerprint density at radius 2 is 1.83 bits per heavy atom. The van der Waals surface area contributed by atoms with Crippen molar-refractivity contribution in [2.75, 3.05) is 10.6 Å². The van der Waals surface area contributed by atoms with Gasteiger partial charge in [-0.15, -0.1) is 0 Å². The average Bonchev–Trinajstić information content (AvgIpc) is 3.27. The maximum Gasteiger partial charge on any atom is 0.273 e. The summed E-state index contributed by atoms with van der Waals surface area (Å²) in [6.45, 7) is 6.89. The van der Waals surface area contributed by atoms with Crippen LogP contribution in [0.15, 0.2) is 41.0 Å². The molecule has 3 aromatic rings. The number of hydrogen-bond acceptors (Lipinski definition) is 4. The van der Waals surface area contributed by atoms with Crippen molar-refractivity contribution in [1.29, 1.82) is 0 Å². The van der Waals surface area contributed by atoms with E-state index in [2.05, 4.69) is 36.8 Å². The zero-order valence-electron chi connectivity index (χ0n) is 16.6. The van der Waals surface area contributed by atoms with Crippen molar-refractivity contribution < 1.29 is 9.59 Å². The molecular weight excluding hydrogens is 436 g/mol. The molecule has 2 N–H and O–H groups in total. The molecule has 0 aliphatic heterocycles. The van der Waals surface area contributed by atoms with E-state index >= 15 is 0 Å². The second-order valence-corrected chi connectivity index (χ2v) is 7.37. The third-order valence-electron chi connectivity index (χ3n) is 4.50. The highest BCUT2D eigenvalue weighted by Crippen LogP contribution is 2.20. The predicted molar refractivity (Wildman–Crippen MR) is 115 cm³/mol. The molecule has 0 fully saturated rings. The number of benzene rings is 1. The van der Waals surface area contributed by atoms with Gasteiger partial charge in [0.25, 0.3) is 5.91 Å². The van der Waals surface area contributed by atoms with E-state index in [1.165, 1.54) is 0 Å². The first-order valence-corrected chi connectivity index (χ1v) is 10.1. The summed E-state index contributed by atoms with van der Waals surface area (Å²) in [5, 5.41) is 14.2. The first-order chi connectivity index (χ1) is 13.9. The van der Waals surface area contributed by atoms with E-state index < -0.39 is 0 Å². The molecule has 29 heavy (non-hydrogen) atoms. The number of halogens is 1. The standard InChI is InChI=1S/C20H23BrN6O2/c1-4-26-17(8-10-22-26)20(29)24-16-7-5-6-15(12-16)23-18(28)9-11-27-14(3)19(21)13(2)25-27/h5-8,10,12H,4,9,11H2,1-3H3,(H,23,28)(H,24,29). The van der Waals surface area contributed by atoms with Gasteiger partial charge in [-0.2, -0.15) is 10.2 Å². The van der Waals surface area contributed by atoms with Gasteiger partial charge in [-0.1, -0.05) is 6.07 Å². The van der Waals surface area contributed by atoms with Gasteiger partial charge in [0.15, 0.2) is 0 Å². The summed E-state index contributed by atoms with van der Waals surface area (Å²) in [6, 6.07) is 8.72. The SMILES string of the molecule is CCn1nccc1C(=O)Nc1cccc(NC(=O)CCn2nc(C)c(Br)c2C)c1. The fourth-order valence-electron chi connectivity index (χ4n) is 2.97. The number of nitrogens with zero attached hydrogens (tertiary/aromatic N) is 4. The molecule has 0 aliphatic carbocycles. The lowest BCUT2D eigenvalue weighted by molar-refractivity contribution is -0.116. The molecular formula is C20H23BrN6O2. The number of hydrogen-bond donors (Lipinski definition) is 2. The Balaban J connectivity index is 1.59. The van der Waals surface area contributed by atoms with Crippen LogP contribution in [-0.2, 0) is 17.9 Å². The van der Waals surface area contributed by atoms with Crippen LogP contribution >= 0.6 is 15.9 Å². The van der Waals surface area contributed by atoms with Gasteiger partial charge >= 0.3 is 0 Å². The highest BCUT2D eigenvalue weighted by molar-refractivity contribution is 9.10. The van der Waals surface area contributed by atoms with Gasteiger partial charge in [0.1, 0.15) is 5.69 Å². The molecule has 9 heteroatoms. The molecule has 0 atom stereocenters. The summed E-state index contributed by atoms with van der Waals surface area (Å²) in [5.41, 5.74) is 3.59. The van der Waals surface area contributed by atoms with Crippen LogP contribution in [-0.4, -0.2) is 31.4 Å². The molecule has 1 aromatic carbocycles. The van der Waals surface area contributed by atoms with Gasteiger partial charge in [0.2, 0.25) is 5.91 Å². The Bertz CT molecular complexity index is 1040. The highest BCUT2D eigenvalue weighted by atomic mass is 79.9. The molecule has 2 amide bonds. The summed E-state index contributed by atoms with van der Waals surface area (Å²) in [4.78, 5) is 24.8. The fourth-order valence-corrected chi connectivity index (χ4v) is 3.26. The smallest absolute Gasteiger partial charge is 0.273 e. The molecule has 2 heterocycles. The average molecular weight is 459 g/mol. The van der Waals surface area contributed by atoms with Crippen LogP contribution in [0, 0.1) is 13.8 Å². The van der Waals surface area contributed by atoms with E-state index in [4.69, 9.17) is 0 Å². The zero-order valence-corrected chi connectivity index (χ0v) is 18.2. The third kappa shape index (κ3) is 4.92. The molecule has 0 radical (unpaired) electrons. The Morgan fingerprint density at radius 1 is 1.10 bits per heavy atom. The minimum atomic E-state index is -0.247. The Labute approximate surface area is 177 Å². The number of carbonyl (C=O) groups excluding carboxylic acids is 2. The second kappa shape index (κ2) is 9.04. The van der Waals surface area contributed by atoms with Gasteiger partial charge in [0, 0.05) is 36.2 Å². The van der Waals surface area contributed by atoms with Crippen molar-refractivity contribution in [3.63, 3.8) is 0 Å². The lowest BCUT2D eigenvalue weighted by Crippen LogP contribution is -2.18. The maximum atomic E-state index is 12.4. The number of aromatic nitrogens is 4. The Kier molecular flexibility index (Phi) is 6.48. The number of carbonyl (C=O) groups is 2. The molecule has 2 aromatic heterocycles. The van der Waals surface area contributed by atoms with Gasteiger partial charge in [-0.3, -0.25) is 19.0 Å². The molecule has 0 aliphatic rings. The van der Waals surface area contributed by atoms with Crippen molar-refractivity contribution in [2.45, 2.75) is 40.3 Å². The molecule has 0 saturated carbocycles. The molecule has 0 bridgehead atoms. The zero-order chi connectivity index (χ0) is 21.0. The normalized spacial score (nSPS) is 10.8. The minimum Gasteiger partial charge on any atom is -0.326 e. The van der Waals surface area contributed by atoms with E-state index in [1.54, 1.807) is 41.2 Å². The van der Waals surface area contributed by atoms with Crippen LogP contribution in [0.1, 0.15) is 35.2 Å². The van der Waals surface area contributed by atoms with E-state index in [0.717, 1.165) is 15.9 Å². The number of anilines is 2. The van der Waals surface area contributed by atoms with Gasteiger partial charge in [0.05, 0.1) is 16.7 Å². The van der Waals surface area contributed by atoms with Gasteiger partial charge < -0.3 is 10.6 Å². The van der Waals surface area contributed by atoms with Crippen molar-refractivity contribution in [3.8, 4) is 0 Å². The van der Waals surface area contributed by atoms with E-state index in [1.807, 2.05) is 25.5 Å². The van der Waals surface area contributed by atoms with E-state index in [0.29, 0.717) is 36.6 Å². The largest absolute Gasteiger partial charge is 0.326 e. The van der Waals surface area contributed by atoms with Crippen molar-refractivity contribution in [2.24, 2.45) is 0 Å². The van der Waals surface area contributed by atoms with Crippen LogP contribution in [0.3, 0.4) is 0 Å². The minimum absolute atomic E-state index is 0.124. The second-order valence-electron chi connectivity index (χ2n) is 6.57. The van der Waals surface area contributed by atoms with E-state index in [-0.39, 0.29) is 11.8 Å². The topological polar surface area (TPSA) is 93.8 Å².